The Morgan fingerprint density at radius 1 is 1.13 bits per heavy atom. The summed E-state index contributed by atoms with van der Waals surface area (Å²) >= 11 is 1.24. The van der Waals surface area contributed by atoms with Crippen LogP contribution >= 0.6 is 11.3 Å². The third kappa shape index (κ3) is 2.90. The Morgan fingerprint density at radius 2 is 1.87 bits per heavy atom. The maximum atomic E-state index is 14.9. The Morgan fingerprint density at radius 3 is 2.58 bits per heavy atom. The molecule has 1 aliphatic heterocycles. The van der Waals surface area contributed by atoms with Crippen LogP contribution in [0.25, 0.3) is 11.0 Å². The van der Waals surface area contributed by atoms with Crippen molar-refractivity contribution in [2.45, 2.75) is 33.2 Å². The Kier molecular flexibility index (Phi) is 4.48. The van der Waals surface area contributed by atoms with Crippen LogP contribution in [-0.4, -0.2) is 16.1 Å². The third-order valence-corrected chi connectivity index (χ3v) is 6.72. The van der Waals surface area contributed by atoms with Gasteiger partial charge in [-0.25, -0.2) is 4.39 Å². The minimum atomic E-state index is -0.983. The molecule has 8 heteroatoms. The Hall–Kier alpha value is -3.39. The molecule has 0 aliphatic carbocycles. The van der Waals surface area contributed by atoms with Gasteiger partial charge in [0.15, 0.2) is 5.43 Å². The number of carbonyl (C=O) groups excluding carboxylic acids is 1. The first-order chi connectivity index (χ1) is 14.9. The van der Waals surface area contributed by atoms with Gasteiger partial charge in [0.1, 0.15) is 22.4 Å². The van der Waals surface area contributed by atoms with E-state index in [1.165, 1.54) is 22.3 Å². The zero-order valence-electron chi connectivity index (χ0n) is 17.1. The van der Waals surface area contributed by atoms with Gasteiger partial charge < -0.3 is 4.42 Å². The summed E-state index contributed by atoms with van der Waals surface area (Å²) in [5, 5.41) is 9.65. The first-order valence-electron chi connectivity index (χ1n) is 9.89. The van der Waals surface area contributed by atoms with Crippen LogP contribution in [-0.2, 0) is 6.42 Å². The SMILES string of the molecule is CCc1nnc(N2C(=O)c3oc4cc(C)c(C)cc4c(=O)c3C2c2ccccc2F)s1. The molecule has 6 nitrogen and oxygen atoms in total. The highest BCUT2D eigenvalue weighted by molar-refractivity contribution is 7.15. The number of fused-ring (bicyclic) bond motifs is 2. The van der Waals surface area contributed by atoms with E-state index in [1.807, 2.05) is 20.8 Å². The number of benzene rings is 2. The molecule has 156 valence electrons. The van der Waals surface area contributed by atoms with Crippen molar-refractivity contribution in [2.75, 3.05) is 4.90 Å². The summed E-state index contributed by atoms with van der Waals surface area (Å²) in [7, 11) is 0. The van der Waals surface area contributed by atoms with E-state index in [1.54, 1.807) is 30.3 Å². The van der Waals surface area contributed by atoms with Crippen LogP contribution in [0.15, 0.2) is 45.6 Å². The first kappa shape index (κ1) is 19.6. The lowest BCUT2D eigenvalue weighted by Gasteiger charge is -2.22. The number of amides is 1. The molecular formula is C23H18FN3O3S. The Balaban J connectivity index is 1.84. The standard InChI is InChI=1S/C23H18FN3O3S/c1-4-17-25-26-23(31-17)27-19(13-7-5-6-8-15(13)24)18-20(28)14-9-11(2)12(3)10-16(14)30-21(18)22(27)29/h5-10,19H,4H2,1-3H3. The lowest BCUT2D eigenvalue weighted by Crippen LogP contribution is -2.30. The van der Waals surface area contributed by atoms with Gasteiger partial charge in [0.2, 0.25) is 10.9 Å². The number of hydrogen-bond acceptors (Lipinski definition) is 6. The molecule has 0 N–H and O–H groups in total. The second kappa shape index (κ2) is 7.09. The van der Waals surface area contributed by atoms with E-state index in [4.69, 9.17) is 4.42 Å². The lowest BCUT2D eigenvalue weighted by molar-refractivity contribution is 0.0970. The fraction of sp³-hybridized carbons (Fsp3) is 0.217. The fourth-order valence-electron chi connectivity index (χ4n) is 3.90. The first-order valence-corrected chi connectivity index (χ1v) is 10.7. The van der Waals surface area contributed by atoms with E-state index in [9.17, 15) is 14.0 Å². The molecule has 2 aromatic carbocycles. The van der Waals surface area contributed by atoms with Crippen molar-refractivity contribution in [3.8, 4) is 0 Å². The van der Waals surface area contributed by atoms with Gasteiger partial charge in [0.25, 0.3) is 5.91 Å². The number of rotatable bonds is 3. The molecule has 31 heavy (non-hydrogen) atoms. The number of aryl methyl sites for hydroxylation is 3. The van der Waals surface area contributed by atoms with Crippen molar-refractivity contribution < 1.29 is 13.6 Å². The maximum Gasteiger partial charge on any atom is 0.297 e. The molecule has 5 rings (SSSR count). The average molecular weight is 435 g/mol. The smallest absolute Gasteiger partial charge is 0.297 e. The highest BCUT2D eigenvalue weighted by Gasteiger charge is 2.46. The molecule has 2 aromatic heterocycles. The topological polar surface area (TPSA) is 76.3 Å². The minimum Gasteiger partial charge on any atom is -0.450 e. The summed E-state index contributed by atoms with van der Waals surface area (Å²) in [6.45, 7) is 5.74. The number of halogens is 1. The van der Waals surface area contributed by atoms with Crippen LogP contribution in [0.3, 0.4) is 0 Å². The number of aromatic nitrogens is 2. The molecule has 0 saturated carbocycles. The van der Waals surface area contributed by atoms with Crippen LogP contribution in [0, 0.1) is 19.7 Å². The fourth-order valence-corrected chi connectivity index (χ4v) is 4.71. The Bertz CT molecular complexity index is 1430. The van der Waals surface area contributed by atoms with E-state index in [0.717, 1.165) is 16.1 Å². The van der Waals surface area contributed by atoms with Crippen LogP contribution in [0.4, 0.5) is 9.52 Å². The summed E-state index contributed by atoms with van der Waals surface area (Å²) in [5.41, 5.74) is 2.20. The zero-order valence-corrected chi connectivity index (χ0v) is 17.9. The molecule has 0 spiro atoms. The summed E-state index contributed by atoms with van der Waals surface area (Å²) in [6.07, 6.45) is 0.649. The second-order valence-corrected chi connectivity index (χ2v) is 8.58. The van der Waals surface area contributed by atoms with Crippen LogP contribution < -0.4 is 10.3 Å². The predicted octanol–water partition coefficient (Wildman–Crippen LogP) is 4.71. The van der Waals surface area contributed by atoms with Gasteiger partial charge in [-0.05, 0) is 49.6 Å². The summed E-state index contributed by atoms with van der Waals surface area (Å²) in [5.74, 6) is -1.13. The molecule has 1 unspecified atom stereocenters. The van der Waals surface area contributed by atoms with Crippen LogP contribution in [0.5, 0.6) is 0 Å². The van der Waals surface area contributed by atoms with Gasteiger partial charge in [0, 0.05) is 5.56 Å². The molecule has 0 radical (unpaired) electrons. The highest BCUT2D eigenvalue weighted by atomic mass is 32.1. The maximum absolute atomic E-state index is 14.9. The highest BCUT2D eigenvalue weighted by Crippen LogP contribution is 2.42. The summed E-state index contributed by atoms with van der Waals surface area (Å²) in [6, 6.07) is 8.64. The van der Waals surface area contributed by atoms with Crippen molar-refractivity contribution in [2.24, 2.45) is 0 Å². The largest absolute Gasteiger partial charge is 0.450 e. The van der Waals surface area contributed by atoms with Gasteiger partial charge in [0.05, 0.1) is 10.9 Å². The molecule has 4 aromatic rings. The monoisotopic (exact) mass is 435 g/mol. The van der Waals surface area contributed by atoms with E-state index < -0.39 is 17.8 Å². The third-order valence-electron chi connectivity index (χ3n) is 5.65. The van der Waals surface area contributed by atoms with Crippen LogP contribution in [0.1, 0.15) is 50.8 Å². The quantitative estimate of drug-likeness (QED) is 0.466. The molecule has 1 atom stereocenters. The van der Waals surface area contributed by atoms with Crippen LogP contribution in [0.2, 0.25) is 0 Å². The van der Waals surface area contributed by atoms with Crippen molar-refractivity contribution >= 4 is 33.3 Å². The van der Waals surface area contributed by atoms with Crippen molar-refractivity contribution in [1.82, 2.24) is 10.2 Å². The number of hydrogen-bond donors (Lipinski definition) is 0. The van der Waals surface area contributed by atoms with Gasteiger partial charge in [-0.1, -0.05) is 36.5 Å². The molecule has 1 aliphatic rings. The molecule has 3 heterocycles. The molecule has 1 amide bonds. The van der Waals surface area contributed by atoms with Crippen molar-refractivity contribution in [3.05, 3.63) is 85.5 Å². The summed E-state index contributed by atoms with van der Waals surface area (Å²) in [4.78, 5) is 28.3. The Labute approximate surface area is 181 Å². The van der Waals surface area contributed by atoms with Gasteiger partial charge in [-0.2, -0.15) is 0 Å². The van der Waals surface area contributed by atoms with E-state index in [2.05, 4.69) is 10.2 Å². The predicted molar refractivity (Wildman–Crippen MR) is 116 cm³/mol. The van der Waals surface area contributed by atoms with E-state index >= 15 is 0 Å². The van der Waals surface area contributed by atoms with Crippen molar-refractivity contribution in [3.63, 3.8) is 0 Å². The summed E-state index contributed by atoms with van der Waals surface area (Å²) < 4.78 is 20.8. The zero-order chi connectivity index (χ0) is 21.9. The van der Waals surface area contributed by atoms with E-state index in [-0.39, 0.29) is 22.3 Å². The van der Waals surface area contributed by atoms with Crippen molar-refractivity contribution in [1.29, 1.82) is 0 Å². The molecular weight excluding hydrogens is 417 g/mol. The molecule has 0 saturated heterocycles. The second-order valence-electron chi connectivity index (χ2n) is 7.54. The van der Waals surface area contributed by atoms with Gasteiger partial charge in [-0.3, -0.25) is 14.5 Å². The number of anilines is 1. The molecule has 0 fully saturated rings. The minimum absolute atomic E-state index is 0.0812. The lowest BCUT2D eigenvalue weighted by atomic mass is 9.97. The van der Waals surface area contributed by atoms with E-state index in [0.29, 0.717) is 22.5 Å². The number of carbonyl (C=O) groups is 1. The van der Waals surface area contributed by atoms with Gasteiger partial charge in [-0.15, -0.1) is 10.2 Å². The average Bonchev–Trinajstić information content (AvgIpc) is 3.33. The van der Waals surface area contributed by atoms with Gasteiger partial charge >= 0.3 is 0 Å². The number of nitrogens with zero attached hydrogens (tertiary/aromatic N) is 3. The molecule has 0 bridgehead atoms. The normalized spacial score (nSPS) is 15.7.